The summed E-state index contributed by atoms with van der Waals surface area (Å²) in [5.74, 6) is 0.233. The molecule has 1 amide bonds. The number of aliphatic hydroxyl groups is 1. The summed E-state index contributed by atoms with van der Waals surface area (Å²) in [5.41, 5.74) is 2.46. The van der Waals surface area contributed by atoms with Crippen molar-refractivity contribution in [1.82, 2.24) is 4.90 Å². The summed E-state index contributed by atoms with van der Waals surface area (Å²) in [6.45, 7) is 4.06. The number of amides is 1. The van der Waals surface area contributed by atoms with Gasteiger partial charge in [0.15, 0.2) is 0 Å². The fraction of sp³-hybridized carbons (Fsp3) is 0.588. The van der Waals surface area contributed by atoms with Crippen molar-refractivity contribution in [2.45, 2.75) is 38.7 Å². The summed E-state index contributed by atoms with van der Waals surface area (Å²) in [5, 5.41) is 8.74. The Bertz CT molecular complexity index is 436. The number of hydrogen-bond donors (Lipinski definition) is 1. The zero-order chi connectivity index (χ0) is 15.1. The Kier molecular flexibility index (Phi) is 6.21. The van der Waals surface area contributed by atoms with Crippen LogP contribution < -0.4 is 0 Å². The van der Waals surface area contributed by atoms with Crippen molar-refractivity contribution in [1.29, 1.82) is 0 Å². The van der Waals surface area contributed by atoms with E-state index in [9.17, 15) is 4.79 Å². The van der Waals surface area contributed by atoms with Crippen molar-refractivity contribution in [3.8, 4) is 0 Å². The number of ether oxygens (including phenoxy) is 1. The maximum absolute atomic E-state index is 12.2. The normalized spacial score (nSPS) is 16.2. The van der Waals surface area contributed by atoms with E-state index in [1.54, 1.807) is 0 Å². The van der Waals surface area contributed by atoms with Crippen LogP contribution in [0.5, 0.6) is 0 Å². The van der Waals surface area contributed by atoms with Crippen LogP contribution in [0.2, 0.25) is 0 Å². The van der Waals surface area contributed by atoms with E-state index in [1.165, 1.54) is 11.1 Å². The van der Waals surface area contributed by atoms with Crippen LogP contribution in [0.1, 0.15) is 30.4 Å². The molecule has 0 unspecified atom stereocenters. The van der Waals surface area contributed by atoms with E-state index in [2.05, 4.69) is 31.2 Å². The lowest BCUT2D eigenvalue weighted by atomic mass is 10.0. The third-order valence-corrected chi connectivity index (χ3v) is 3.99. The number of piperidine rings is 1. The van der Waals surface area contributed by atoms with Gasteiger partial charge in [0, 0.05) is 19.5 Å². The Morgan fingerprint density at radius 3 is 2.57 bits per heavy atom. The molecule has 1 aliphatic rings. The Morgan fingerprint density at radius 2 is 1.95 bits per heavy atom. The van der Waals surface area contributed by atoms with Crippen LogP contribution >= 0.6 is 0 Å². The Morgan fingerprint density at radius 1 is 1.29 bits per heavy atom. The lowest BCUT2D eigenvalue weighted by Gasteiger charge is -2.32. The maximum atomic E-state index is 12.2. The third kappa shape index (κ3) is 5.14. The quantitative estimate of drug-likeness (QED) is 0.871. The van der Waals surface area contributed by atoms with Gasteiger partial charge in [0.05, 0.1) is 19.3 Å². The number of hydrogen-bond acceptors (Lipinski definition) is 3. The molecule has 1 aromatic rings. The van der Waals surface area contributed by atoms with Gasteiger partial charge in [-0.1, -0.05) is 29.8 Å². The number of carbonyl (C=O) groups is 1. The average Bonchev–Trinajstić information content (AvgIpc) is 2.52. The molecule has 0 aliphatic carbocycles. The molecule has 1 heterocycles. The summed E-state index contributed by atoms with van der Waals surface area (Å²) < 4.78 is 5.51. The van der Waals surface area contributed by atoms with Gasteiger partial charge in [0.1, 0.15) is 0 Å². The zero-order valence-corrected chi connectivity index (χ0v) is 12.8. The first-order chi connectivity index (χ1) is 10.2. The predicted octanol–water partition coefficient (Wildman–Crippen LogP) is 1.93. The van der Waals surface area contributed by atoms with Crippen molar-refractivity contribution in [2.24, 2.45) is 0 Å². The van der Waals surface area contributed by atoms with Crippen LogP contribution in [0.3, 0.4) is 0 Å². The first-order valence-corrected chi connectivity index (χ1v) is 7.75. The van der Waals surface area contributed by atoms with Crippen LogP contribution in [0.25, 0.3) is 0 Å². The van der Waals surface area contributed by atoms with E-state index in [0.29, 0.717) is 13.0 Å². The lowest BCUT2D eigenvalue weighted by Crippen LogP contribution is -2.41. The van der Waals surface area contributed by atoms with Crippen LogP contribution in [-0.2, 0) is 16.0 Å². The number of likely N-dealkylation sites (tertiary alicyclic amines) is 1. The van der Waals surface area contributed by atoms with E-state index in [-0.39, 0.29) is 18.6 Å². The maximum Gasteiger partial charge on any atom is 0.222 e. The van der Waals surface area contributed by atoms with Gasteiger partial charge in [-0.3, -0.25) is 4.79 Å². The minimum atomic E-state index is 0.0652. The monoisotopic (exact) mass is 291 g/mol. The highest BCUT2D eigenvalue weighted by molar-refractivity contribution is 5.76. The predicted molar refractivity (Wildman–Crippen MR) is 82.1 cm³/mol. The number of benzene rings is 1. The second kappa shape index (κ2) is 8.15. The first-order valence-electron chi connectivity index (χ1n) is 7.75. The highest BCUT2D eigenvalue weighted by Gasteiger charge is 2.22. The van der Waals surface area contributed by atoms with Crippen molar-refractivity contribution < 1.29 is 14.6 Å². The smallest absolute Gasteiger partial charge is 0.222 e. The molecule has 116 valence electrons. The Labute approximate surface area is 126 Å². The fourth-order valence-electron chi connectivity index (χ4n) is 2.66. The summed E-state index contributed by atoms with van der Waals surface area (Å²) in [6, 6.07) is 8.36. The SMILES string of the molecule is Cc1ccc(CCC(=O)N2CCC(OCCO)CC2)cc1. The van der Waals surface area contributed by atoms with Gasteiger partial charge < -0.3 is 14.7 Å². The van der Waals surface area contributed by atoms with Crippen molar-refractivity contribution >= 4 is 5.91 Å². The van der Waals surface area contributed by atoms with Crippen molar-refractivity contribution in [3.05, 3.63) is 35.4 Å². The largest absolute Gasteiger partial charge is 0.394 e. The molecule has 0 spiro atoms. The molecule has 0 atom stereocenters. The standard InChI is InChI=1S/C17H25NO3/c1-14-2-4-15(5-3-14)6-7-17(20)18-10-8-16(9-11-18)21-13-12-19/h2-5,16,19H,6-13H2,1H3. The molecule has 1 saturated heterocycles. The second-order valence-electron chi connectivity index (χ2n) is 5.66. The summed E-state index contributed by atoms with van der Waals surface area (Å²) >= 11 is 0. The number of aliphatic hydroxyl groups excluding tert-OH is 1. The molecule has 0 saturated carbocycles. The fourth-order valence-corrected chi connectivity index (χ4v) is 2.66. The van der Waals surface area contributed by atoms with E-state index >= 15 is 0 Å². The molecule has 2 rings (SSSR count). The van der Waals surface area contributed by atoms with Gasteiger partial charge in [-0.25, -0.2) is 0 Å². The minimum Gasteiger partial charge on any atom is -0.394 e. The Hall–Kier alpha value is -1.39. The number of carbonyl (C=O) groups excluding carboxylic acids is 1. The van der Waals surface area contributed by atoms with Gasteiger partial charge in [0.2, 0.25) is 5.91 Å². The van der Waals surface area contributed by atoms with Crippen LogP contribution in [0.4, 0.5) is 0 Å². The topological polar surface area (TPSA) is 49.8 Å². The molecule has 1 aromatic carbocycles. The molecular weight excluding hydrogens is 266 g/mol. The molecule has 0 radical (unpaired) electrons. The van der Waals surface area contributed by atoms with Crippen molar-refractivity contribution in [3.63, 3.8) is 0 Å². The summed E-state index contributed by atoms with van der Waals surface area (Å²) in [6.07, 6.45) is 3.32. The van der Waals surface area contributed by atoms with Gasteiger partial charge in [-0.2, -0.15) is 0 Å². The molecule has 4 heteroatoms. The molecule has 0 aromatic heterocycles. The van der Waals surface area contributed by atoms with Crippen LogP contribution in [0.15, 0.2) is 24.3 Å². The Balaban J connectivity index is 1.71. The van der Waals surface area contributed by atoms with Gasteiger partial charge in [-0.15, -0.1) is 0 Å². The lowest BCUT2D eigenvalue weighted by molar-refractivity contribution is -0.133. The zero-order valence-electron chi connectivity index (χ0n) is 12.8. The average molecular weight is 291 g/mol. The molecule has 4 nitrogen and oxygen atoms in total. The van der Waals surface area contributed by atoms with E-state index in [4.69, 9.17) is 9.84 Å². The van der Waals surface area contributed by atoms with Crippen molar-refractivity contribution in [2.75, 3.05) is 26.3 Å². The summed E-state index contributed by atoms with van der Waals surface area (Å²) in [4.78, 5) is 14.1. The third-order valence-electron chi connectivity index (χ3n) is 3.99. The highest BCUT2D eigenvalue weighted by Crippen LogP contribution is 2.15. The first kappa shape index (κ1) is 16.0. The number of rotatable bonds is 6. The van der Waals surface area contributed by atoms with E-state index < -0.39 is 0 Å². The number of aryl methyl sites for hydroxylation is 2. The van der Waals surface area contributed by atoms with Gasteiger partial charge >= 0.3 is 0 Å². The summed E-state index contributed by atoms with van der Waals surface area (Å²) in [7, 11) is 0. The minimum absolute atomic E-state index is 0.0652. The molecular formula is C17H25NO3. The van der Waals surface area contributed by atoms with Crippen LogP contribution in [-0.4, -0.2) is 48.3 Å². The van der Waals surface area contributed by atoms with Crippen LogP contribution in [0, 0.1) is 6.92 Å². The van der Waals surface area contributed by atoms with Gasteiger partial charge in [-0.05, 0) is 31.7 Å². The molecule has 1 aliphatic heterocycles. The number of nitrogens with zero attached hydrogens (tertiary/aromatic N) is 1. The molecule has 1 N–H and O–H groups in total. The second-order valence-corrected chi connectivity index (χ2v) is 5.66. The molecule has 0 bridgehead atoms. The molecule has 1 fully saturated rings. The molecule has 21 heavy (non-hydrogen) atoms. The van der Waals surface area contributed by atoms with Gasteiger partial charge in [0.25, 0.3) is 0 Å². The van der Waals surface area contributed by atoms with E-state index in [1.807, 2.05) is 4.90 Å². The van der Waals surface area contributed by atoms with E-state index in [0.717, 1.165) is 32.4 Å². The highest BCUT2D eigenvalue weighted by atomic mass is 16.5.